The molecule has 0 fully saturated rings. The Labute approximate surface area is 142 Å². The summed E-state index contributed by atoms with van der Waals surface area (Å²) in [6.07, 6.45) is 1.49. The molecule has 23 heavy (non-hydrogen) atoms. The van der Waals surface area contributed by atoms with E-state index >= 15 is 0 Å². The molecule has 3 rings (SSSR count). The molecule has 6 nitrogen and oxygen atoms in total. The maximum Gasteiger partial charge on any atom is 0.254 e. The maximum absolute atomic E-state index is 12.7. The molecule has 118 valence electrons. The average Bonchev–Trinajstić information content (AvgIpc) is 3.24. The summed E-state index contributed by atoms with van der Waals surface area (Å²) in [4.78, 5) is 15.6. The second-order valence-electron chi connectivity index (χ2n) is 4.83. The number of hydrogen-bond donors (Lipinski definition) is 0. The van der Waals surface area contributed by atoms with Gasteiger partial charge in [-0.1, -0.05) is 17.7 Å². The van der Waals surface area contributed by atoms with E-state index in [9.17, 15) is 4.79 Å². The molecule has 0 spiro atoms. The second-order valence-corrected chi connectivity index (χ2v) is 6.63. The fourth-order valence-electron chi connectivity index (χ4n) is 2.20. The minimum atomic E-state index is -0.0352. The Bertz CT molecular complexity index is 802. The molecule has 8 heteroatoms. The molecule has 0 bridgehead atoms. The van der Waals surface area contributed by atoms with Crippen LogP contribution in [-0.2, 0) is 6.54 Å². The van der Waals surface area contributed by atoms with Crippen molar-refractivity contribution in [1.82, 2.24) is 25.1 Å². The minimum absolute atomic E-state index is 0.0352. The number of rotatable bonds is 5. The van der Waals surface area contributed by atoms with E-state index in [0.717, 1.165) is 14.9 Å². The van der Waals surface area contributed by atoms with Crippen LogP contribution < -0.4 is 0 Å². The lowest BCUT2D eigenvalue weighted by Crippen LogP contribution is -2.30. The van der Waals surface area contributed by atoms with E-state index < -0.39 is 0 Å². The zero-order valence-electron chi connectivity index (χ0n) is 12.4. The van der Waals surface area contributed by atoms with Crippen molar-refractivity contribution >= 4 is 28.8 Å². The molecular weight excluding hydrogens is 334 g/mol. The fourth-order valence-corrected chi connectivity index (χ4v) is 3.30. The van der Waals surface area contributed by atoms with Crippen molar-refractivity contribution in [1.29, 1.82) is 0 Å². The summed E-state index contributed by atoms with van der Waals surface area (Å²) in [6, 6.07) is 11.0. The van der Waals surface area contributed by atoms with Gasteiger partial charge in [-0.2, -0.15) is 0 Å². The fraction of sp³-hybridized carbons (Fsp3) is 0.200. The van der Waals surface area contributed by atoms with Crippen molar-refractivity contribution in [2.75, 3.05) is 6.54 Å². The lowest BCUT2D eigenvalue weighted by Gasteiger charge is -2.20. The number of aromatic nitrogens is 4. The number of thiophene rings is 1. The number of carbonyl (C=O) groups excluding carboxylic acids is 1. The van der Waals surface area contributed by atoms with Gasteiger partial charge in [0.1, 0.15) is 6.33 Å². The highest BCUT2D eigenvalue weighted by Gasteiger charge is 2.16. The van der Waals surface area contributed by atoms with Crippen molar-refractivity contribution in [2.45, 2.75) is 13.5 Å². The number of amides is 1. The smallest absolute Gasteiger partial charge is 0.254 e. The van der Waals surface area contributed by atoms with Crippen LogP contribution in [-0.4, -0.2) is 37.6 Å². The molecule has 0 N–H and O–H groups in total. The van der Waals surface area contributed by atoms with Crippen molar-refractivity contribution in [2.24, 2.45) is 0 Å². The monoisotopic (exact) mass is 347 g/mol. The highest BCUT2D eigenvalue weighted by atomic mass is 35.5. The Morgan fingerprint density at radius 1 is 1.35 bits per heavy atom. The predicted molar refractivity (Wildman–Crippen MR) is 88.9 cm³/mol. The van der Waals surface area contributed by atoms with Gasteiger partial charge in [-0.15, -0.1) is 16.4 Å². The molecule has 1 amide bonds. The molecule has 1 aromatic carbocycles. The van der Waals surface area contributed by atoms with Crippen LogP contribution in [0.15, 0.2) is 42.7 Å². The molecule has 3 aromatic rings. The molecule has 0 atom stereocenters. The lowest BCUT2D eigenvalue weighted by molar-refractivity contribution is 0.0754. The molecule has 0 unspecified atom stereocenters. The number of nitrogens with zero attached hydrogens (tertiary/aromatic N) is 5. The third-order valence-corrected chi connectivity index (χ3v) is 4.57. The summed E-state index contributed by atoms with van der Waals surface area (Å²) in [7, 11) is 0. The first kappa shape index (κ1) is 15.6. The normalized spacial score (nSPS) is 10.7. The van der Waals surface area contributed by atoms with Gasteiger partial charge in [0, 0.05) is 17.0 Å². The van der Waals surface area contributed by atoms with E-state index in [1.165, 1.54) is 22.3 Å². The van der Waals surface area contributed by atoms with Crippen LogP contribution in [0.25, 0.3) is 5.69 Å². The number of tetrazole rings is 1. The van der Waals surface area contributed by atoms with Gasteiger partial charge in [0.15, 0.2) is 0 Å². The molecule has 0 aliphatic rings. The predicted octanol–water partition coefficient (Wildman–Crippen LogP) is 3.04. The molecule has 0 aliphatic heterocycles. The third-order valence-electron chi connectivity index (χ3n) is 3.35. The zero-order chi connectivity index (χ0) is 16.2. The van der Waals surface area contributed by atoms with Gasteiger partial charge in [0.05, 0.1) is 16.6 Å². The Balaban J connectivity index is 1.82. The van der Waals surface area contributed by atoms with Gasteiger partial charge in [0.2, 0.25) is 0 Å². The standard InChI is InChI=1S/C15H14ClN5OS/c1-2-20(9-13-6-7-14(16)23-13)15(22)11-4-3-5-12(8-11)21-10-17-18-19-21/h3-8,10H,2,9H2,1H3. The first-order chi connectivity index (χ1) is 11.2. The van der Waals surface area contributed by atoms with Gasteiger partial charge in [-0.25, -0.2) is 4.68 Å². The van der Waals surface area contributed by atoms with Gasteiger partial charge in [0.25, 0.3) is 5.91 Å². The van der Waals surface area contributed by atoms with E-state index in [-0.39, 0.29) is 5.91 Å². The van der Waals surface area contributed by atoms with Crippen LogP contribution in [0.4, 0.5) is 0 Å². The van der Waals surface area contributed by atoms with Crippen LogP contribution in [0.2, 0.25) is 4.34 Å². The number of hydrogen-bond acceptors (Lipinski definition) is 5. The van der Waals surface area contributed by atoms with Gasteiger partial charge < -0.3 is 4.90 Å². The number of benzene rings is 1. The van der Waals surface area contributed by atoms with E-state index in [4.69, 9.17) is 11.6 Å². The summed E-state index contributed by atoms with van der Waals surface area (Å²) < 4.78 is 2.25. The van der Waals surface area contributed by atoms with E-state index in [2.05, 4.69) is 15.5 Å². The topological polar surface area (TPSA) is 63.9 Å². The number of halogens is 1. The largest absolute Gasteiger partial charge is 0.334 e. The molecular formula is C15H14ClN5OS. The molecule has 2 aromatic heterocycles. The Morgan fingerprint density at radius 2 is 2.22 bits per heavy atom. The van der Waals surface area contributed by atoms with Crippen LogP contribution in [0.1, 0.15) is 22.2 Å². The van der Waals surface area contributed by atoms with Crippen LogP contribution >= 0.6 is 22.9 Å². The summed E-state index contributed by atoms with van der Waals surface area (Å²) in [5.41, 5.74) is 1.35. The van der Waals surface area contributed by atoms with Crippen molar-refractivity contribution in [3.63, 3.8) is 0 Å². The Hall–Kier alpha value is -2.25. The summed E-state index contributed by atoms with van der Waals surface area (Å²) in [5, 5.41) is 11.1. The Kier molecular flexibility index (Phi) is 4.68. The van der Waals surface area contributed by atoms with Crippen LogP contribution in [0, 0.1) is 0 Å². The molecule has 2 heterocycles. The third kappa shape index (κ3) is 3.57. The highest BCUT2D eigenvalue weighted by molar-refractivity contribution is 7.16. The van der Waals surface area contributed by atoms with Gasteiger partial charge in [-0.05, 0) is 47.7 Å². The molecule has 0 saturated carbocycles. The van der Waals surface area contributed by atoms with Crippen molar-refractivity contribution < 1.29 is 4.79 Å². The van der Waals surface area contributed by atoms with Crippen molar-refractivity contribution in [3.05, 3.63) is 57.5 Å². The molecule has 0 radical (unpaired) electrons. The van der Waals surface area contributed by atoms with Crippen LogP contribution in [0.5, 0.6) is 0 Å². The summed E-state index contributed by atoms with van der Waals surface area (Å²) in [6.45, 7) is 3.11. The van der Waals surface area contributed by atoms with Gasteiger partial charge in [-0.3, -0.25) is 4.79 Å². The van der Waals surface area contributed by atoms with Gasteiger partial charge >= 0.3 is 0 Å². The Morgan fingerprint density at radius 3 is 2.87 bits per heavy atom. The minimum Gasteiger partial charge on any atom is -0.334 e. The number of carbonyl (C=O) groups is 1. The molecule has 0 aliphatic carbocycles. The lowest BCUT2D eigenvalue weighted by atomic mass is 10.1. The average molecular weight is 348 g/mol. The molecule has 0 saturated heterocycles. The first-order valence-electron chi connectivity index (χ1n) is 7.04. The second kappa shape index (κ2) is 6.89. The zero-order valence-corrected chi connectivity index (χ0v) is 14.0. The summed E-state index contributed by atoms with van der Waals surface area (Å²) in [5.74, 6) is -0.0352. The van der Waals surface area contributed by atoms with E-state index in [1.807, 2.05) is 31.2 Å². The highest BCUT2D eigenvalue weighted by Crippen LogP contribution is 2.23. The SMILES string of the molecule is CCN(Cc1ccc(Cl)s1)C(=O)c1cccc(-n2cnnn2)c1. The summed E-state index contributed by atoms with van der Waals surface area (Å²) >= 11 is 7.44. The van der Waals surface area contributed by atoms with Crippen molar-refractivity contribution in [3.8, 4) is 5.69 Å². The van der Waals surface area contributed by atoms with Crippen LogP contribution in [0.3, 0.4) is 0 Å². The first-order valence-corrected chi connectivity index (χ1v) is 8.23. The van der Waals surface area contributed by atoms with E-state index in [1.54, 1.807) is 17.0 Å². The maximum atomic E-state index is 12.7. The van der Waals surface area contributed by atoms with E-state index in [0.29, 0.717) is 18.7 Å². The quantitative estimate of drug-likeness (QED) is 0.711.